The lowest BCUT2D eigenvalue weighted by atomic mass is 10.4. The van der Waals surface area contributed by atoms with E-state index in [1.807, 2.05) is 6.92 Å². The zero-order valence-electron chi connectivity index (χ0n) is 8.79. The van der Waals surface area contributed by atoms with Crippen LogP contribution in [0.1, 0.15) is 19.8 Å². The molecule has 0 N–H and O–H groups in total. The normalized spacial score (nSPS) is 12.0. The summed E-state index contributed by atoms with van der Waals surface area (Å²) in [6.07, 6.45) is 1.36. The lowest BCUT2D eigenvalue weighted by Crippen LogP contribution is -2.30. The molecule has 0 rings (SSSR count). The van der Waals surface area contributed by atoms with Gasteiger partial charge in [0.05, 0.1) is 5.75 Å². The number of halogens is 1. The molecule has 0 atom stereocenters. The number of hydrogen-bond donors (Lipinski definition) is 0. The fraction of sp³-hybridized carbons (Fsp3) is 0.778. The second-order valence-electron chi connectivity index (χ2n) is 3.43. The molecule has 0 radical (unpaired) electrons. The third kappa shape index (κ3) is 5.62. The van der Waals surface area contributed by atoms with Crippen LogP contribution in [0.15, 0.2) is 12.2 Å². The van der Waals surface area contributed by atoms with Crippen LogP contribution in [-0.4, -0.2) is 37.9 Å². The molecule has 0 spiro atoms. The molecular weight excluding hydrogens is 222 g/mol. The molecule has 0 saturated heterocycles. The van der Waals surface area contributed by atoms with Crippen molar-refractivity contribution < 1.29 is 8.42 Å². The summed E-state index contributed by atoms with van der Waals surface area (Å²) < 4.78 is 24.5. The molecule has 0 bridgehead atoms. The molecule has 0 amide bonds. The van der Waals surface area contributed by atoms with Crippen molar-refractivity contribution in [2.75, 3.05) is 25.2 Å². The van der Waals surface area contributed by atoms with Gasteiger partial charge in [-0.3, -0.25) is 0 Å². The van der Waals surface area contributed by atoms with Gasteiger partial charge in [-0.2, -0.15) is 0 Å². The lowest BCUT2D eigenvalue weighted by Gasteiger charge is -2.16. The molecule has 14 heavy (non-hydrogen) atoms. The Hall–Kier alpha value is -0.0600. The molecule has 0 aromatic carbocycles. The van der Waals surface area contributed by atoms with Crippen LogP contribution in [0.4, 0.5) is 0 Å². The van der Waals surface area contributed by atoms with E-state index in [2.05, 4.69) is 6.58 Å². The maximum absolute atomic E-state index is 11.6. The average Bonchev–Trinajstić information content (AvgIpc) is 2.03. The summed E-state index contributed by atoms with van der Waals surface area (Å²) in [7, 11) is -1.54. The minimum absolute atomic E-state index is 0.170. The Labute approximate surface area is 91.8 Å². The monoisotopic (exact) mass is 239 g/mol. The average molecular weight is 240 g/mol. The largest absolute Gasteiger partial charge is 0.214 e. The summed E-state index contributed by atoms with van der Waals surface area (Å²) in [6, 6.07) is 0. The van der Waals surface area contributed by atoms with Crippen molar-refractivity contribution in [3.63, 3.8) is 0 Å². The first-order valence-corrected chi connectivity index (χ1v) is 6.69. The van der Waals surface area contributed by atoms with Crippen molar-refractivity contribution in [1.82, 2.24) is 4.31 Å². The standard InChI is InChI=1S/C9H18ClNO2S/c1-9(2)8-11(3)14(12,13)7-5-4-6-10/h1,4-8H2,2-3H3. The summed E-state index contributed by atoms with van der Waals surface area (Å²) in [5.74, 6) is 0.684. The van der Waals surface area contributed by atoms with Crippen LogP contribution in [-0.2, 0) is 10.0 Å². The van der Waals surface area contributed by atoms with Gasteiger partial charge in [0.15, 0.2) is 0 Å². The van der Waals surface area contributed by atoms with Crippen LogP contribution < -0.4 is 0 Å². The van der Waals surface area contributed by atoms with E-state index >= 15 is 0 Å². The highest BCUT2D eigenvalue weighted by atomic mass is 35.5. The molecule has 0 unspecified atom stereocenters. The molecule has 3 nitrogen and oxygen atoms in total. The molecular formula is C9H18ClNO2S. The zero-order valence-corrected chi connectivity index (χ0v) is 10.4. The fourth-order valence-electron chi connectivity index (χ4n) is 1.01. The molecule has 0 aromatic heterocycles. The number of hydrogen-bond acceptors (Lipinski definition) is 2. The van der Waals surface area contributed by atoms with Gasteiger partial charge in [-0.15, -0.1) is 11.6 Å². The van der Waals surface area contributed by atoms with Gasteiger partial charge < -0.3 is 0 Å². The van der Waals surface area contributed by atoms with Gasteiger partial charge >= 0.3 is 0 Å². The fourth-order valence-corrected chi connectivity index (χ4v) is 2.50. The van der Waals surface area contributed by atoms with Crippen LogP contribution in [0.25, 0.3) is 0 Å². The summed E-state index contributed by atoms with van der Waals surface area (Å²) in [6.45, 7) is 5.88. The minimum atomic E-state index is -3.11. The number of rotatable bonds is 7. The predicted octanol–water partition coefficient (Wildman–Crippen LogP) is 1.84. The van der Waals surface area contributed by atoms with Crippen molar-refractivity contribution in [2.24, 2.45) is 0 Å². The molecule has 0 fully saturated rings. The van der Waals surface area contributed by atoms with Crippen LogP contribution in [0.2, 0.25) is 0 Å². The highest BCUT2D eigenvalue weighted by Crippen LogP contribution is 2.05. The molecule has 5 heteroatoms. The summed E-state index contributed by atoms with van der Waals surface area (Å²) >= 11 is 5.47. The van der Waals surface area contributed by atoms with Crippen molar-refractivity contribution >= 4 is 21.6 Å². The Kier molecular flexibility index (Phi) is 6.40. The van der Waals surface area contributed by atoms with Gasteiger partial charge in [0.1, 0.15) is 0 Å². The summed E-state index contributed by atoms with van der Waals surface area (Å²) in [4.78, 5) is 0. The van der Waals surface area contributed by atoms with Gasteiger partial charge in [0.25, 0.3) is 0 Å². The predicted molar refractivity (Wildman–Crippen MR) is 61.2 cm³/mol. The molecule has 0 aliphatic carbocycles. The van der Waals surface area contributed by atoms with Gasteiger partial charge in [0, 0.05) is 19.5 Å². The number of likely N-dealkylation sites (N-methyl/N-ethyl adjacent to an activating group) is 1. The molecule has 0 aromatic rings. The first-order chi connectivity index (χ1) is 6.40. The number of alkyl halides is 1. The smallest absolute Gasteiger partial charge is 0.212 e. The van der Waals surface area contributed by atoms with Crippen molar-refractivity contribution in [3.8, 4) is 0 Å². The first-order valence-electron chi connectivity index (χ1n) is 4.54. The molecule has 84 valence electrons. The third-order valence-corrected chi connectivity index (χ3v) is 3.90. The highest BCUT2D eigenvalue weighted by molar-refractivity contribution is 7.89. The van der Waals surface area contributed by atoms with Gasteiger partial charge in [-0.25, -0.2) is 12.7 Å². The van der Waals surface area contributed by atoms with Crippen LogP contribution in [0.3, 0.4) is 0 Å². The Balaban J connectivity index is 4.10. The van der Waals surface area contributed by atoms with E-state index in [9.17, 15) is 8.42 Å². The molecule has 0 saturated carbocycles. The Bertz CT molecular complexity index is 275. The summed E-state index contributed by atoms with van der Waals surface area (Å²) in [5, 5.41) is 0. The Morgan fingerprint density at radius 1 is 1.43 bits per heavy atom. The van der Waals surface area contributed by atoms with E-state index in [0.717, 1.165) is 12.0 Å². The molecule has 0 heterocycles. The number of nitrogens with zero attached hydrogens (tertiary/aromatic N) is 1. The summed E-state index contributed by atoms with van der Waals surface area (Å²) in [5.41, 5.74) is 0.841. The number of unbranched alkanes of at least 4 members (excludes halogenated alkanes) is 1. The van der Waals surface area contributed by atoms with Crippen molar-refractivity contribution in [1.29, 1.82) is 0 Å². The van der Waals surface area contributed by atoms with E-state index in [4.69, 9.17) is 11.6 Å². The van der Waals surface area contributed by atoms with E-state index < -0.39 is 10.0 Å². The second kappa shape index (κ2) is 6.43. The van der Waals surface area contributed by atoms with Gasteiger partial charge in [0.2, 0.25) is 10.0 Å². The van der Waals surface area contributed by atoms with Crippen LogP contribution >= 0.6 is 11.6 Å². The third-order valence-electron chi connectivity index (χ3n) is 1.75. The first kappa shape index (κ1) is 13.9. The molecule has 0 aliphatic heterocycles. The van der Waals surface area contributed by atoms with Crippen molar-refractivity contribution in [3.05, 3.63) is 12.2 Å². The Morgan fingerprint density at radius 2 is 2.00 bits per heavy atom. The zero-order chi connectivity index (χ0) is 11.2. The SMILES string of the molecule is C=C(C)CN(C)S(=O)(=O)CCCCCl. The maximum Gasteiger partial charge on any atom is 0.214 e. The van der Waals surface area contributed by atoms with E-state index in [1.165, 1.54) is 4.31 Å². The minimum Gasteiger partial charge on any atom is -0.212 e. The van der Waals surface area contributed by atoms with Gasteiger partial charge in [-0.05, 0) is 19.8 Å². The van der Waals surface area contributed by atoms with Gasteiger partial charge in [-0.1, -0.05) is 12.2 Å². The highest BCUT2D eigenvalue weighted by Gasteiger charge is 2.16. The van der Waals surface area contributed by atoms with Crippen molar-refractivity contribution in [2.45, 2.75) is 19.8 Å². The van der Waals surface area contributed by atoms with E-state index in [0.29, 0.717) is 18.8 Å². The number of sulfonamides is 1. The lowest BCUT2D eigenvalue weighted by molar-refractivity contribution is 0.491. The van der Waals surface area contributed by atoms with E-state index in [-0.39, 0.29) is 5.75 Å². The topological polar surface area (TPSA) is 37.4 Å². The molecule has 0 aliphatic rings. The van der Waals surface area contributed by atoms with Crippen LogP contribution in [0.5, 0.6) is 0 Å². The maximum atomic E-state index is 11.6. The Morgan fingerprint density at radius 3 is 2.43 bits per heavy atom. The van der Waals surface area contributed by atoms with E-state index in [1.54, 1.807) is 7.05 Å². The second-order valence-corrected chi connectivity index (χ2v) is 6.00. The quantitative estimate of drug-likeness (QED) is 0.386. The van der Waals surface area contributed by atoms with Crippen LogP contribution in [0, 0.1) is 0 Å².